The maximum absolute atomic E-state index is 13.5. The predicted octanol–water partition coefficient (Wildman–Crippen LogP) is 1.61. The number of hydrogen-bond donors (Lipinski definition) is 2. The molecule has 0 aromatic heterocycles. The fourth-order valence-electron chi connectivity index (χ4n) is 1.56. The number of benzene rings is 1. The number of phenols is 1. The van der Waals surface area contributed by atoms with Crippen LogP contribution in [0.15, 0.2) is 12.1 Å². The van der Waals surface area contributed by atoms with E-state index >= 15 is 0 Å². The normalized spacial score (nSPS) is 17.5. The van der Waals surface area contributed by atoms with Crippen LogP contribution in [-0.4, -0.2) is 22.9 Å². The van der Waals surface area contributed by atoms with Gasteiger partial charge in [-0.3, -0.25) is 0 Å². The summed E-state index contributed by atoms with van der Waals surface area (Å²) in [5.74, 6) is -0.710. The highest BCUT2D eigenvalue weighted by molar-refractivity contribution is 5.40. The molecule has 3 nitrogen and oxygen atoms in total. The van der Waals surface area contributed by atoms with Crippen LogP contribution in [0.4, 0.5) is 4.39 Å². The highest BCUT2D eigenvalue weighted by Gasteiger charge is 2.41. The van der Waals surface area contributed by atoms with Gasteiger partial charge in [0.25, 0.3) is 0 Å². The molecule has 0 unspecified atom stereocenters. The molecule has 0 spiro atoms. The van der Waals surface area contributed by atoms with E-state index in [4.69, 9.17) is 4.74 Å². The minimum atomic E-state index is -0.778. The standard InChI is InChI=1S/C11H13FO3/c1-15-8-4-7(6-11(14)2-3-11)10(12)9(13)5-8/h4-5,13-14H,2-3,6H2,1H3. The van der Waals surface area contributed by atoms with Crippen molar-refractivity contribution < 1.29 is 19.3 Å². The molecule has 15 heavy (non-hydrogen) atoms. The first-order valence-electron chi connectivity index (χ1n) is 4.82. The molecule has 4 heteroatoms. The lowest BCUT2D eigenvalue weighted by Gasteiger charge is -2.11. The quantitative estimate of drug-likeness (QED) is 0.800. The van der Waals surface area contributed by atoms with E-state index in [1.165, 1.54) is 19.2 Å². The van der Waals surface area contributed by atoms with Crippen LogP contribution in [-0.2, 0) is 6.42 Å². The molecule has 0 amide bonds. The number of halogens is 1. The van der Waals surface area contributed by atoms with E-state index in [1.807, 2.05) is 0 Å². The summed E-state index contributed by atoms with van der Waals surface area (Å²) in [6.07, 6.45) is 1.60. The van der Waals surface area contributed by atoms with Gasteiger partial charge in [-0.25, -0.2) is 4.39 Å². The Morgan fingerprint density at radius 2 is 2.13 bits per heavy atom. The van der Waals surface area contributed by atoms with Gasteiger partial charge in [0.15, 0.2) is 11.6 Å². The number of ether oxygens (including phenoxy) is 1. The van der Waals surface area contributed by atoms with Gasteiger partial charge in [-0.05, 0) is 24.5 Å². The largest absolute Gasteiger partial charge is 0.505 e. The number of rotatable bonds is 3. The fraction of sp³-hybridized carbons (Fsp3) is 0.455. The van der Waals surface area contributed by atoms with Crippen molar-refractivity contribution in [3.05, 3.63) is 23.5 Å². The van der Waals surface area contributed by atoms with Crippen LogP contribution in [0.3, 0.4) is 0 Å². The summed E-state index contributed by atoms with van der Waals surface area (Å²) in [5, 5.41) is 19.0. The summed E-state index contributed by atoms with van der Waals surface area (Å²) in [5.41, 5.74) is -0.480. The Morgan fingerprint density at radius 1 is 1.47 bits per heavy atom. The molecule has 1 aliphatic rings. The van der Waals surface area contributed by atoms with E-state index in [0.717, 1.165) is 0 Å². The molecule has 1 fully saturated rings. The van der Waals surface area contributed by atoms with Gasteiger partial charge in [0.1, 0.15) is 5.75 Å². The monoisotopic (exact) mass is 212 g/mol. The lowest BCUT2D eigenvalue weighted by atomic mass is 10.1. The zero-order valence-electron chi connectivity index (χ0n) is 8.46. The van der Waals surface area contributed by atoms with Crippen molar-refractivity contribution in [2.75, 3.05) is 7.11 Å². The third-order valence-corrected chi connectivity index (χ3v) is 2.68. The molecular formula is C11H13FO3. The zero-order chi connectivity index (χ0) is 11.1. The highest BCUT2D eigenvalue weighted by Crippen LogP contribution is 2.40. The number of aliphatic hydroxyl groups is 1. The molecule has 0 saturated heterocycles. The Morgan fingerprint density at radius 3 is 2.67 bits per heavy atom. The van der Waals surface area contributed by atoms with Gasteiger partial charge in [0.05, 0.1) is 12.7 Å². The second kappa shape index (κ2) is 3.38. The lowest BCUT2D eigenvalue weighted by Crippen LogP contribution is -2.12. The van der Waals surface area contributed by atoms with E-state index in [-0.39, 0.29) is 6.42 Å². The molecule has 1 saturated carbocycles. The third-order valence-electron chi connectivity index (χ3n) is 2.68. The van der Waals surface area contributed by atoms with Crippen LogP contribution in [0.25, 0.3) is 0 Å². The van der Waals surface area contributed by atoms with E-state index in [9.17, 15) is 14.6 Å². The van der Waals surface area contributed by atoms with Crippen LogP contribution < -0.4 is 4.74 Å². The first kappa shape index (κ1) is 10.2. The molecule has 0 aliphatic heterocycles. The van der Waals surface area contributed by atoms with Crippen LogP contribution in [0.2, 0.25) is 0 Å². The summed E-state index contributed by atoms with van der Waals surface area (Å²) in [7, 11) is 1.45. The molecular weight excluding hydrogens is 199 g/mol. The van der Waals surface area contributed by atoms with Gasteiger partial charge >= 0.3 is 0 Å². The van der Waals surface area contributed by atoms with Crippen LogP contribution in [0.1, 0.15) is 18.4 Å². The van der Waals surface area contributed by atoms with Crippen molar-refractivity contribution in [1.82, 2.24) is 0 Å². The minimum absolute atomic E-state index is 0.226. The van der Waals surface area contributed by atoms with Gasteiger partial charge in [-0.15, -0.1) is 0 Å². The van der Waals surface area contributed by atoms with E-state index < -0.39 is 17.2 Å². The smallest absolute Gasteiger partial charge is 0.168 e. The molecule has 1 aromatic carbocycles. The Kier molecular flexibility index (Phi) is 2.31. The second-order valence-corrected chi connectivity index (χ2v) is 4.02. The van der Waals surface area contributed by atoms with Gasteiger partial charge in [0, 0.05) is 12.5 Å². The van der Waals surface area contributed by atoms with Gasteiger partial charge in [-0.2, -0.15) is 0 Å². The maximum atomic E-state index is 13.5. The van der Waals surface area contributed by atoms with Crippen molar-refractivity contribution >= 4 is 0 Å². The van der Waals surface area contributed by atoms with Gasteiger partial charge in [0.2, 0.25) is 0 Å². The predicted molar refractivity (Wildman–Crippen MR) is 52.5 cm³/mol. The average molecular weight is 212 g/mol. The number of phenolic OH excluding ortho intramolecular Hbond substituents is 1. The SMILES string of the molecule is COc1cc(O)c(F)c(CC2(O)CC2)c1. The van der Waals surface area contributed by atoms with Crippen molar-refractivity contribution in [2.24, 2.45) is 0 Å². The van der Waals surface area contributed by atoms with Crippen LogP contribution in [0, 0.1) is 5.82 Å². The van der Waals surface area contributed by atoms with Crippen LogP contribution in [0.5, 0.6) is 11.5 Å². The molecule has 1 aliphatic carbocycles. The Labute approximate surface area is 87.1 Å². The molecule has 1 aromatic rings. The number of methoxy groups -OCH3 is 1. The van der Waals surface area contributed by atoms with Crippen molar-refractivity contribution in [3.8, 4) is 11.5 Å². The summed E-state index contributed by atoms with van der Waals surface area (Å²) < 4.78 is 18.4. The van der Waals surface area contributed by atoms with Gasteiger partial charge in [-0.1, -0.05) is 0 Å². The van der Waals surface area contributed by atoms with Crippen molar-refractivity contribution in [1.29, 1.82) is 0 Å². The molecule has 0 atom stereocenters. The topological polar surface area (TPSA) is 49.7 Å². The van der Waals surface area contributed by atoms with Crippen molar-refractivity contribution in [2.45, 2.75) is 24.9 Å². The number of hydrogen-bond acceptors (Lipinski definition) is 3. The van der Waals surface area contributed by atoms with E-state index in [0.29, 0.717) is 24.2 Å². The zero-order valence-corrected chi connectivity index (χ0v) is 8.46. The molecule has 0 heterocycles. The first-order valence-corrected chi connectivity index (χ1v) is 4.82. The molecule has 0 bridgehead atoms. The Bertz CT molecular complexity index is 386. The molecule has 0 radical (unpaired) electrons. The summed E-state index contributed by atoms with van der Waals surface area (Å²) >= 11 is 0. The summed E-state index contributed by atoms with van der Waals surface area (Å²) in [6.45, 7) is 0. The lowest BCUT2D eigenvalue weighted by molar-refractivity contribution is 0.149. The summed E-state index contributed by atoms with van der Waals surface area (Å²) in [4.78, 5) is 0. The Balaban J connectivity index is 2.31. The second-order valence-electron chi connectivity index (χ2n) is 4.02. The first-order chi connectivity index (χ1) is 7.04. The molecule has 2 rings (SSSR count). The maximum Gasteiger partial charge on any atom is 0.168 e. The molecule has 82 valence electrons. The average Bonchev–Trinajstić information content (AvgIpc) is 2.91. The van der Waals surface area contributed by atoms with E-state index in [1.54, 1.807) is 0 Å². The minimum Gasteiger partial charge on any atom is -0.505 e. The van der Waals surface area contributed by atoms with Crippen molar-refractivity contribution in [3.63, 3.8) is 0 Å². The fourth-order valence-corrected chi connectivity index (χ4v) is 1.56. The molecule has 2 N–H and O–H groups in total. The van der Waals surface area contributed by atoms with E-state index in [2.05, 4.69) is 0 Å². The third kappa shape index (κ3) is 2.04. The Hall–Kier alpha value is -1.29. The highest BCUT2D eigenvalue weighted by atomic mass is 19.1. The van der Waals surface area contributed by atoms with Gasteiger partial charge < -0.3 is 14.9 Å². The summed E-state index contributed by atoms with van der Waals surface area (Å²) in [6, 6.07) is 2.72. The number of aromatic hydroxyl groups is 1. The van der Waals surface area contributed by atoms with Crippen LogP contribution >= 0.6 is 0 Å².